The Bertz CT molecular complexity index is 6200. The lowest BCUT2D eigenvalue weighted by Crippen LogP contribution is -2.74. The van der Waals surface area contributed by atoms with E-state index in [1.54, 1.807) is 0 Å². The molecular weight excluding hydrogens is 1240 g/mol. The van der Waals surface area contributed by atoms with Gasteiger partial charge in [0.25, 0.3) is 0 Å². The van der Waals surface area contributed by atoms with Crippen molar-refractivity contribution in [2.24, 2.45) is 0 Å². The van der Waals surface area contributed by atoms with Gasteiger partial charge in [0.1, 0.15) is 0 Å². The zero-order chi connectivity index (χ0) is 66.5. The lowest BCUT2D eigenvalue weighted by Gasteiger charge is -2.35. The van der Waals surface area contributed by atoms with Crippen molar-refractivity contribution in [3.63, 3.8) is 0 Å². The summed E-state index contributed by atoms with van der Waals surface area (Å²) in [5.41, 5.74) is 23.5. The molecule has 0 bridgehead atoms. The van der Waals surface area contributed by atoms with E-state index in [1.165, 1.54) is 152 Å². The Labute approximate surface area is 586 Å². The first kappa shape index (κ1) is 58.1. The number of aromatic nitrogens is 4. The van der Waals surface area contributed by atoms with Crippen LogP contribution in [0.3, 0.4) is 0 Å². The molecule has 4 nitrogen and oxygen atoms in total. The van der Waals surface area contributed by atoms with Gasteiger partial charge in [0.05, 0.1) is 44.1 Å². The highest BCUT2D eigenvalue weighted by Gasteiger charge is 2.42. The molecule has 0 atom stereocenters. The van der Waals surface area contributed by atoms with E-state index in [0.717, 1.165) is 22.7 Å². The summed E-state index contributed by atoms with van der Waals surface area (Å²) in [6, 6.07) is 145. The molecule has 5 heteroatoms. The zero-order valence-corrected chi connectivity index (χ0v) is 56.2. The number of benzene rings is 16. The minimum atomic E-state index is -3.11. The first-order valence-corrected chi connectivity index (χ1v) is 36.9. The zero-order valence-electron chi connectivity index (χ0n) is 55.2. The van der Waals surface area contributed by atoms with Gasteiger partial charge in [0.2, 0.25) is 0 Å². The highest BCUT2D eigenvalue weighted by Crippen LogP contribution is 2.43. The number of nitrogens with zero attached hydrogens (tertiary/aromatic N) is 4. The van der Waals surface area contributed by atoms with Gasteiger partial charge in [-0.25, -0.2) is 0 Å². The molecule has 0 fully saturated rings. The van der Waals surface area contributed by atoms with Crippen LogP contribution in [0.15, 0.2) is 388 Å². The Morgan fingerprint density at radius 3 is 0.624 bits per heavy atom. The second kappa shape index (κ2) is 23.6. The molecule has 0 aliphatic rings. The molecule has 16 aromatic carbocycles. The molecule has 4 heterocycles. The Balaban J connectivity index is 0.730. The minimum Gasteiger partial charge on any atom is -0.309 e. The van der Waals surface area contributed by atoms with Gasteiger partial charge >= 0.3 is 0 Å². The summed E-state index contributed by atoms with van der Waals surface area (Å²) >= 11 is 0. The summed E-state index contributed by atoms with van der Waals surface area (Å²) in [6.45, 7) is 0. The lowest BCUT2D eigenvalue weighted by atomic mass is 9.99. The highest BCUT2D eigenvalue weighted by atomic mass is 28.3. The van der Waals surface area contributed by atoms with Gasteiger partial charge in [0, 0.05) is 65.8 Å². The molecule has 0 unspecified atom stereocenters. The third-order valence-electron chi connectivity index (χ3n) is 21.3. The van der Waals surface area contributed by atoms with Crippen molar-refractivity contribution in [3.05, 3.63) is 388 Å². The fourth-order valence-corrected chi connectivity index (χ4v) is 21.6. The number of hydrogen-bond donors (Lipinski definition) is 0. The molecule has 0 saturated carbocycles. The van der Waals surface area contributed by atoms with Gasteiger partial charge < -0.3 is 18.3 Å². The van der Waals surface area contributed by atoms with Gasteiger partial charge in [-0.2, -0.15) is 0 Å². The standard InChI is InChI=1S/C96H64N4Si/c1-7-27-73(28-8-1)97-89-43-21-19-41-81(89)83-59-69(47-51-91(83)97)71-49-55-95-87(63-71)85-61-67(45-53-93(85)99(95)75-31-11-3-12-32-75)65-25-23-39-79(57-65)101(77-35-15-5-16-36-77,78-37-17-6-18-38-78)80-40-24-26-66(58-80)68-46-54-94-86(62-68)88-64-72(50-56-96(88)100(94)76-33-13-4-14-34-76)70-48-52-92-84(60-70)82-42-20-22-44-90(82)98(92)74-29-9-2-10-30-74/h1-64H. The average molecular weight is 1300 g/mol. The van der Waals surface area contributed by atoms with Crippen molar-refractivity contribution in [2.75, 3.05) is 0 Å². The van der Waals surface area contributed by atoms with Crippen LogP contribution in [0, 0.1) is 0 Å². The molecule has 0 saturated heterocycles. The van der Waals surface area contributed by atoms with Crippen LogP contribution in [-0.2, 0) is 0 Å². The van der Waals surface area contributed by atoms with E-state index in [-0.39, 0.29) is 0 Å². The molecule has 0 aliphatic carbocycles. The summed E-state index contributed by atoms with van der Waals surface area (Å²) in [5.74, 6) is 0. The first-order chi connectivity index (χ1) is 50.1. The van der Waals surface area contributed by atoms with Crippen LogP contribution in [0.2, 0.25) is 0 Å². The van der Waals surface area contributed by atoms with Crippen molar-refractivity contribution in [1.29, 1.82) is 0 Å². The first-order valence-electron chi connectivity index (χ1n) is 34.9. The predicted molar refractivity (Wildman–Crippen MR) is 429 cm³/mol. The molecule has 0 radical (unpaired) electrons. The Morgan fingerprint density at radius 2 is 0.347 bits per heavy atom. The van der Waals surface area contributed by atoms with E-state index >= 15 is 0 Å². The van der Waals surface area contributed by atoms with Crippen LogP contribution in [0.1, 0.15) is 0 Å². The predicted octanol–water partition coefficient (Wildman–Crippen LogP) is 22.1. The summed E-state index contributed by atoms with van der Waals surface area (Å²) in [4.78, 5) is 0. The molecule has 472 valence electrons. The van der Waals surface area contributed by atoms with Crippen molar-refractivity contribution >= 4 is 116 Å². The van der Waals surface area contributed by atoms with Crippen LogP contribution in [0.5, 0.6) is 0 Å². The normalized spacial score (nSPS) is 12.0. The second-order valence-corrected chi connectivity index (χ2v) is 30.6. The van der Waals surface area contributed by atoms with E-state index in [2.05, 4.69) is 407 Å². The minimum absolute atomic E-state index is 1.14. The number of hydrogen-bond acceptors (Lipinski definition) is 0. The maximum Gasteiger partial charge on any atom is 0.179 e. The molecule has 20 rings (SSSR count). The van der Waals surface area contributed by atoms with E-state index in [0.29, 0.717) is 0 Å². The van der Waals surface area contributed by atoms with Crippen LogP contribution < -0.4 is 20.7 Å². The molecule has 20 aromatic rings. The Kier molecular flexibility index (Phi) is 13.6. The van der Waals surface area contributed by atoms with Gasteiger partial charge in [-0.05, 0) is 199 Å². The molecule has 101 heavy (non-hydrogen) atoms. The van der Waals surface area contributed by atoms with Crippen molar-refractivity contribution in [2.45, 2.75) is 0 Å². The molecule has 0 spiro atoms. The largest absolute Gasteiger partial charge is 0.309 e. The molecule has 4 aromatic heterocycles. The quantitative estimate of drug-likeness (QED) is 0.0858. The number of para-hydroxylation sites is 6. The summed E-state index contributed by atoms with van der Waals surface area (Å²) in [6.07, 6.45) is 0. The summed E-state index contributed by atoms with van der Waals surface area (Å²) in [5, 5.41) is 15.1. The second-order valence-electron chi connectivity index (χ2n) is 26.8. The van der Waals surface area contributed by atoms with Gasteiger partial charge in [-0.15, -0.1) is 0 Å². The topological polar surface area (TPSA) is 19.7 Å². The SMILES string of the molecule is c1ccc(-n2c3ccccc3c3cc(-c4ccc5c(c4)c4cc(-c6cccc([Si](c7ccccc7)(c7ccccc7)c7cccc(-c8ccc9c(c8)c8cc(-c%10ccc%11c(c%10)c%10ccccc%10n%11-c%10ccccc%10)ccc8n9-c8ccccc8)c7)c6)ccc4n5-c4ccccc4)ccc32)cc1. The van der Waals surface area contributed by atoms with Crippen LogP contribution in [0.4, 0.5) is 0 Å². The Morgan fingerprint density at radius 1 is 0.139 bits per heavy atom. The maximum atomic E-state index is 2.52. The van der Waals surface area contributed by atoms with E-state index in [4.69, 9.17) is 0 Å². The van der Waals surface area contributed by atoms with Crippen LogP contribution in [0.25, 0.3) is 154 Å². The van der Waals surface area contributed by atoms with E-state index in [9.17, 15) is 0 Å². The highest BCUT2D eigenvalue weighted by molar-refractivity contribution is 7.20. The molecule has 0 amide bonds. The Hall–Kier alpha value is -13.1. The van der Waals surface area contributed by atoms with E-state index in [1.807, 2.05) is 0 Å². The fourth-order valence-electron chi connectivity index (χ4n) is 16.7. The van der Waals surface area contributed by atoms with Gasteiger partial charge in [-0.1, -0.05) is 255 Å². The van der Waals surface area contributed by atoms with E-state index < -0.39 is 8.07 Å². The molecular formula is C96H64N4Si. The molecule has 0 N–H and O–H groups in total. The summed E-state index contributed by atoms with van der Waals surface area (Å²) < 4.78 is 9.65. The third-order valence-corrected chi connectivity index (χ3v) is 26.0. The van der Waals surface area contributed by atoms with Crippen molar-refractivity contribution < 1.29 is 0 Å². The lowest BCUT2D eigenvalue weighted by molar-refractivity contribution is 1.18. The monoisotopic (exact) mass is 1300 g/mol. The summed E-state index contributed by atoms with van der Waals surface area (Å²) in [7, 11) is -3.11. The maximum absolute atomic E-state index is 3.11. The smallest absolute Gasteiger partial charge is 0.179 e. The molecule has 0 aliphatic heterocycles. The average Bonchev–Trinajstić information content (AvgIpc) is 1.64. The van der Waals surface area contributed by atoms with Crippen molar-refractivity contribution in [3.8, 4) is 67.3 Å². The van der Waals surface area contributed by atoms with Crippen LogP contribution in [-0.4, -0.2) is 26.3 Å². The fraction of sp³-hybridized carbons (Fsp3) is 0. The van der Waals surface area contributed by atoms with Crippen molar-refractivity contribution in [1.82, 2.24) is 18.3 Å². The van der Waals surface area contributed by atoms with Gasteiger partial charge in [-0.3, -0.25) is 0 Å². The van der Waals surface area contributed by atoms with Crippen LogP contribution >= 0.6 is 0 Å². The number of rotatable bonds is 12. The third kappa shape index (κ3) is 9.35. The number of fused-ring (bicyclic) bond motifs is 12. The van der Waals surface area contributed by atoms with Gasteiger partial charge in [0.15, 0.2) is 8.07 Å².